The minimum Gasteiger partial charge on any atom is -0.326 e. The average Bonchev–Trinajstić information content (AvgIpc) is 2.38. The Morgan fingerprint density at radius 3 is 2.42 bits per heavy atom. The van der Waals surface area contributed by atoms with E-state index in [1.54, 1.807) is 6.92 Å². The topological polar surface area (TPSA) is 46.2 Å². The first-order valence-electron chi connectivity index (χ1n) is 6.67. The molecule has 1 aromatic carbocycles. The number of hydrogen-bond donors (Lipinski definition) is 1. The minimum atomic E-state index is 0.0734. The van der Waals surface area contributed by atoms with E-state index in [0.717, 1.165) is 37.1 Å². The van der Waals surface area contributed by atoms with E-state index in [1.807, 2.05) is 30.3 Å². The van der Waals surface area contributed by atoms with E-state index >= 15 is 0 Å². The second-order valence-electron chi connectivity index (χ2n) is 4.42. The number of thioether (sulfide) groups is 1. The summed E-state index contributed by atoms with van der Waals surface area (Å²) < 4.78 is 0. The third kappa shape index (κ3) is 8.43. The van der Waals surface area contributed by atoms with Crippen molar-refractivity contribution < 1.29 is 9.59 Å². The van der Waals surface area contributed by atoms with Gasteiger partial charge in [0.05, 0.1) is 0 Å². The van der Waals surface area contributed by atoms with Crippen molar-refractivity contribution in [2.24, 2.45) is 0 Å². The van der Waals surface area contributed by atoms with Gasteiger partial charge in [0.1, 0.15) is 0 Å². The van der Waals surface area contributed by atoms with Crippen molar-refractivity contribution in [3.63, 3.8) is 0 Å². The molecule has 1 amide bonds. The van der Waals surface area contributed by atoms with Crippen LogP contribution in [0.4, 0.5) is 5.69 Å². The van der Waals surface area contributed by atoms with E-state index in [9.17, 15) is 9.59 Å². The first kappa shape index (κ1) is 15.8. The number of carbonyl (C=O) groups excluding carboxylic acids is 2. The van der Waals surface area contributed by atoms with Crippen LogP contribution in [0.25, 0.3) is 0 Å². The SMILES string of the molecule is CC(=O)SCCCCCCC(=O)Nc1ccccc1. The molecule has 0 aliphatic heterocycles. The molecule has 1 rings (SSSR count). The highest BCUT2D eigenvalue weighted by atomic mass is 32.2. The normalized spacial score (nSPS) is 10.2. The number of carbonyl (C=O) groups is 2. The molecular formula is C15H21NO2S. The van der Waals surface area contributed by atoms with Crippen LogP contribution in [0.15, 0.2) is 30.3 Å². The van der Waals surface area contributed by atoms with Crippen molar-refractivity contribution >= 4 is 28.5 Å². The first-order chi connectivity index (χ1) is 9.18. The van der Waals surface area contributed by atoms with Gasteiger partial charge in [-0.2, -0.15) is 0 Å². The lowest BCUT2D eigenvalue weighted by atomic mass is 10.1. The van der Waals surface area contributed by atoms with Gasteiger partial charge in [0, 0.05) is 24.8 Å². The fourth-order valence-electron chi connectivity index (χ4n) is 1.70. The number of para-hydroxylation sites is 1. The second kappa shape index (κ2) is 9.62. The zero-order valence-electron chi connectivity index (χ0n) is 11.4. The van der Waals surface area contributed by atoms with Crippen molar-refractivity contribution in [2.75, 3.05) is 11.1 Å². The van der Waals surface area contributed by atoms with Crippen LogP contribution in [0, 0.1) is 0 Å². The molecule has 0 aliphatic rings. The number of nitrogens with one attached hydrogen (secondary N) is 1. The largest absolute Gasteiger partial charge is 0.326 e. The maximum Gasteiger partial charge on any atom is 0.224 e. The lowest BCUT2D eigenvalue weighted by molar-refractivity contribution is -0.116. The van der Waals surface area contributed by atoms with Gasteiger partial charge >= 0.3 is 0 Å². The zero-order chi connectivity index (χ0) is 13.9. The lowest BCUT2D eigenvalue weighted by Crippen LogP contribution is -2.10. The van der Waals surface area contributed by atoms with Gasteiger partial charge in [0.2, 0.25) is 5.91 Å². The zero-order valence-corrected chi connectivity index (χ0v) is 12.2. The van der Waals surface area contributed by atoms with Crippen LogP contribution < -0.4 is 5.32 Å². The summed E-state index contributed by atoms with van der Waals surface area (Å²) in [5, 5.41) is 3.05. The number of amides is 1. The summed E-state index contributed by atoms with van der Waals surface area (Å²) in [6.45, 7) is 1.60. The van der Waals surface area contributed by atoms with Crippen molar-refractivity contribution in [1.29, 1.82) is 0 Å². The third-order valence-corrected chi connectivity index (χ3v) is 3.56. The van der Waals surface area contributed by atoms with Gasteiger partial charge in [-0.3, -0.25) is 9.59 Å². The monoisotopic (exact) mass is 279 g/mol. The Balaban J connectivity index is 2.00. The molecule has 1 N–H and O–H groups in total. The van der Waals surface area contributed by atoms with Gasteiger partial charge in [0.25, 0.3) is 0 Å². The third-order valence-electron chi connectivity index (χ3n) is 2.66. The summed E-state index contributed by atoms with van der Waals surface area (Å²) >= 11 is 1.38. The van der Waals surface area contributed by atoms with E-state index in [1.165, 1.54) is 11.8 Å². The number of anilines is 1. The van der Waals surface area contributed by atoms with E-state index in [2.05, 4.69) is 5.32 Å². The van der Waals surface area contributed by atoms with E-state index in [0.29, 0.717) is 6.42 Å². The molecule has 1 aromatic rings. The highest BCUT2D eigenvalue weighted by Gasteiger charge is 2.01. The summed E-state index contributed by atoms with van der Waals surface area (Å²) in [5.41, 5.74) is 0.852. The smallest absolute Gasteiger partial charge is 0.224 e. The standard InChI is InChI=1S/C15H21NO2S/c1-13(17)19-12-8-3-2-7-11-15(18)16-14-9-5-4-6-10-14/h4-6,9-10H,2-3,7-8,11-12H2,1H3,(H,16,18). The van der Waals surface area contributed by atoms with Crippen LogP contribution in [-0.4, -0.2) is 16.8 Å². The molecule has 0 fully saturated rings. The molecule has 4 heteroatoms. The van der Waals surface area contributed by atoms with Crippen molar-refractivity contribution in [2.45, 2.75) is 39.0 Å². The maximum atomic E-state index is 11.6. The Morgan fingerprint density at radius 1 is 1.05 bits per heavy atom. The number of hydrogen-bond acceptors (Lipinski definition) is 3. The predicted octanol–water partition coefficient (Wildman–Crippen LogP) is 3.86. The fraction of sp³-hybridized carbons (Fsp3) is 0.467. The molecule has 0 radical (unpaired) electrons. The number of benzene rings is 1. The minimum absolute atomic E-state index is 0.0734. The van der Waals surface area contributed by atoms with Crippen LogP contribution >= 0.6 is 11.8 Å². The van der Waals surface area contributed by atoms with Crippen molar-refractivity contribution in [1.82, 2.24) is 0 Å². The molecule has 3 nitrogen and oxygen atoms in total. The van der Waals surface area contributed by atoms with Crippen molar-refractivity contribution in [3.05, 3.63) is 30.3 Å². The molecule has 0 saturated carbocycles. The molecule has 0 bridgehead atoms. The Hall–Kier alpha value is -1.29. The predicted molar refractivity (Wildman–Crippen MR) is 81.3 cm³/mol. The number of rotatable bonds is 8. The maximum absolute atomic E-state index is 11.6. The molecule has 0 aromatic heterocycles. The fourth-order valence-corrected chi connectivity index (χ4v) is 2.34. The van der Waals surface area contributed by atoms with Crippen molar-refractivity contribution in [3.8, 4) is 0 Å². The van der Waals surface area contributed by atoms with E-state index in [-0.39, 0.29) is 11.0 Å². The molecule has 0 heterocycles. The van der Waals surface area contributed by atoms with Crippen LogP contribution in [0.5, 0.6) is 0 Å². The van der Waals surface area contributed by atoms with Gasteiger partial charge in [-0.15, -0.1) is 0 Å². The summed E-state index contributed by atoms with van der Waals surface area (Å²) in [6.07, 6.45) is 4.64. The van der Waals surface area contributed by atoms with Gasteiger partial charge in [-0.25, -0.2) is 0 Å². The van der Waals surface area contributed by atoms with Crippen LogP contribution in [0.3, 0.4) is 0 Å². The van der Waals surface area contributed by atoms with Crippen LogP contribution in [0.2, 0.25) is 0 Å². The van der Waals surface area contributed by atoms with Crippen LogP contribution in [-0.2, 0) is 9.59 Å². The summed E-state index contributed by atoms with van der Waals surface area (Å²) in [6, 6.07) is 9.51. The average molecular weight is 279 g/mol. The highest BCUT2D eigenvalue weighted by molar-refractivity contribution is 8.13. The Labute approximate surface area is 119 Å². The summed E-state index contributed by atoms with van der Waals surface area (Å²) in [4.78, 5) is 22.3. The molecule has 0 saturated heterocycles. The van der Waals surface area contributed by atoms with E-state index in [4.69, 9.17) is 0 Å². The van der Waals surface area contributed by atoms with Gasteiger partial charge in [0.15, 0.2) is 5.12 Å². The summed E-state index contributed by atoms with van der Waals surface area (Å²) in [7, 11) is 0. The summed E-state index contributed by atoms with van der Waals surface area (Å²) in [5.74, 6) is 0.968. The quantitative estimate of drug-likeness (QED) is 0.735. The van der Waals surface area contributed by atoms with Crippen LogP contribution in [0.1, 0.15) is 39.0 Å². The molecule has 0 atom stereocenters. The second-order valence-corrected chi connectivity index (χ2v) is 5.69. The van der Waals surface area contributed by atoms with E-state index < -0.39 is 0 Å². The lowest BCUT2D eigenvalue weighted by Gasteiger charge is -2.04. The molecule has 0 spiro atoms. The molecule has 0 aliphatic carbocycles. The number of unbranched alkanes of at least 4 members (excludes halogenated alkanes) is 3. The van der Waals surface area contributed by atoms with Gasteiger partial charge in [-0.05, 0) is 25.0 Å². The Kier molecular flexibility index (Phi) is 7.98. The molecule has 19 heavy (non-hydrogen) atoms. The Bertz CT molecular complexity index is 392. The first-order valence-corrected chi connectivity index (χ1v) is 7.65. The molecule has 0 unspecified atom stereocenters. The Morgan fingerprint density at radius 2 is 1.74 bits per heavy atom. The highest BCUT2D eigenvalue weighted by Crippen LogP contribution is 2.10. The molecular weight excluding hydrogens is 258 g/mol. The van der Waals surface area contributed by atoms with Gasteiger partial charge in [-0.1, -0.05) is 42.8 Å². The van der Waals surface area contributed by atoms with Gasteiger partial charge < -0.3 is 5.32 Å². The molecule has 104 valence electrons.